The molecule has 1 aliphatic carbocycles. The van der Waals surface area contributed by atoms with Gasteiger partial charge in [-0.05, 0) is 19.9 Å². The standard InChI is InChI=1S/C12H23F3N4O/c1-19(9-4-2-3-5-9)7-6-17-8-10(11(16)18-20)12(13,14)15/h9-10,17,20H,2-8H2,1H3,(H2,16,18). The van der Waals surface area contributed by atoms with Crippen molar-refractivity contribution in [1.82, 2.24) is 10.2 Å². The van der Waals surface area contributed by atoms with E-state index in [2.05, 4.69) is 15.4 Å². The third kappa shape index (κ3) is 5.16. The van der Waals surface area contributed by atoms with Crippen LogP contribution in [0.4, 0.5) is 13.2 Å². The number of oxime groups is 1. The minimum Gasteiger partial charge on any atom is -0.409 e. The normalized spacial score (nSPS) is 19.8. The Bertz CT molecular complexity index is 316. The Morgan fingerprint density at radius 1 is 1.45 bits per heavy atom. The zero-order valence-corrected chi connectivity index (χ0v) is 11.7. The molecule has 0 aromatic carbocycles. The first kappa shape index (κ1) is 17.0. The molecule has 0 amide bonds. The van der Waals surface area contributed by atoms with E-state index >= 15 is 0 Å². The number of amidine groups is 1. The fourth-order valence-corrected chi connectivity index (χ4v) is 2.49. The van der Waals surface area contributed by atoms with E-state index in [1.807, 2.05) is 7.05 Å². The molecule has 118 valence electrons. The summed E-state index contributed by atoms with van der Waals surface area (Å²) in [7, 11) is 1.99. The molecule has 20 heavy (non-hydrogen) atoms. The molecule has 1 rings (SSSR count). The molecule has 1 atom stereocenters. The van der Waals surface area contributed by atoms with Gasteiger partial charge in [-0.2, -0.15) is 13.2 Å². The van der Waals surface area contributed by atoms with E-state index in [0.717, 1.165) is 12.8 Å². The van der Waals surface area contributed by atoms with Crippen LogP contribution in [0.15, 0.2) is 5.16 Å². The zero-order chi connectivity index (χ0) is 15.2. The fraction of sp³-hybridized carbons (Fsp3) is 0.917. The Balaban J connectivity index is 2.30. The Morgan fingerprint density at radius 2 is 2.05 bits per heavy atom. The molecule has 1 saturated carbocycles. The number of halogens is 3. The highest BCUT2D eigenvalue weighted by Gasteiger charge is 2.42. The van der Waals surface area contributed by atoms with Crippen LogP contribution < -0.4 is 11.1 Å². The van der Waals surface area contributed by atoms with Gasteiger partial charge in [0.25, 0.3) is 0 Å². The Morgan fingerprint density at radius 3 is 2.55 bits per heavy atom. The molecular formula is C12H23F3N4O. The Hall–Kier alpha value is -1.02. The maximum absolute atomic E-state index is 12.7. The predicted octanol–water partition coefficient (Wildman–Crippen LogP) is 1.38. The van der Waals surface area contributed by atoms with Crippen molar-refractivity contribution in [2.45, 2.75) is 37.9 Å². The van der Waals surface area contributed by atoms with Crippen LogP contribution in [0.5, 0.6) is 0 Å². The minimum absolute atomic E-state index is 0.377. The van der Waals surface area contributed by atoms with Crippen LogP contribution in [-0.4, -0.2) is 54.8 Å². The van der Waals surface area contributed by atoms with E-state index in [1.165, 1.54) is 12.8 Å². The molecule has 0 spiro atoms. The second-order valence-electron chi connectivity index (χ2n) is 5.24. The number of nitrogens with zero attached hydrogens (tertiary/aromatic N) is 2. The summed E-state index contributed by atoms with van der Waals surface area (Å²) in [5.74, 6) is -2.77. The van der Waals surface area contributed by atoms with Crippen LogP contribution in [-0.2, 0) is 0 Å². The first-order valence-electron chi connectivity index (χ1n) is 6.81. The number of nitrogens with two attached hydrogens (primary N) is 1. The topological polar surface area (TPSA) is 73.9 Å². The summed E-state index contributed by atoms with van der Waals surface area (Å²) in [6, 6.07) is 0.541. The van der Waals surface area contributed by atoms with Gasteiger partial charge >= 0.3 is 6.18 Å². The lowest BCUT2D eigenvalue weighted by molar-refractivity contribution is -0.154. The number of rotatable bonds is 7. The van der Waals surface area contributed by atoms with Gasteiger partial charge in [0.1, 0.15) is 5.92 Å². The summed E-state index contributed by atoms with van der Waals surface area (Å²) in [6.45, 7) is 0.752. The van der Waals surface area contributed by atoms with E-state index < -0.39 is 17.9 Å². The molecule has 1 unspecified atom stereocenters. The minimum atomic E-state index is -4.51. The van der Waals surface area contributed by atoms with Gasteiger partial charge in [-0.3, -0.25) is 0 Å². The van der Waals surface area contributed by atoms with Crippen molar-refractivity contribution in [3.05, 3.63) is 0 Å². The first-order valence-corrected chi connectivity index (χ1v) is 6.81. The summed E-state index contributed by atoms with van der Waals surface area (Å²) < 4.78 is 38.0. The van der Waals surface area contributed by atoms with Crippen molar-refractivity contribution in [2.24, 2.45) is 16.8 Å². The summed E-state index contributed by atoms with van der Waals surface area (Å²) in [4.78, 5) is 2.17. The molecule has 1 fully saturated rings. The summed E-state index contributed by atoms with van der Waals surface area (Å²) in [6.07, 6.45) is 0.252. The van der Waals surface area contributed by atoms with E-state index in [0.29, 0.717) is 19.1 Å². The molecule has 0 bridgehead atoms. The molecule has 0 heterocycles. The smallest absolute Gasteiger partial charge is 0.400 e. The van der Waals surface area contributed by atoms with Crippen LogP contribution >= 0.6 is 0 Å². The third-order valence-electron chi connectivity index (χ3n) is 3.81. The van der Waals surface area contributed by atoms with Crippen LogP contribution in [0.1, 0.15) is 25.7 Å². The van der Waals surface area contributed by atoms with Crippen molar-refractivity contribution in [1.29, 1.82) is 0 Å². The summed E-state index contributed by atoms with van der Waals surface area (Å²) in [5, 5.41) is 13.6. The zero-order valence-electron chi connectivity index (χ0n) is 11.7. The van der Waals surface area contributed by atoms with Gasteiger partial charge in [0, 0.05) is 25.7 Å². The van der Waals surface area contributed by atoms with Gasteiger partial charge < -0.3 is 21.2 Å². The SMILES string of the molecule is CN(CCNCC(C(N)=NO)C(F)(F)F)C1CCCC1. The number of alkyl halides is 3. The monoisotopic (exact) mass is 296 g/mol. The van der Waals surface area contributed by atoms with Crippen LogP contribution in [0.3, 0.4) is 0 Å². The van der Waals surface area contributed by atoms with Crippen LogP contribution in [0.25, 0.3) is 0 Å². The Kier molecular flexibility index (Phi) is 6.54. The van der Waals surface area contributed by atoms with E-state index in [-0.39, 0.29) is 6.54 Å². The van der Waals surface area contributed by atoms with Crippen LogP contribution in [0.2, 0.25) is 0 Å². The predicted molar refractivity (Wildman–Crippen MR) is 70.7 cm³/mol. The largest absolute Gasteiger partial charge is 0.409 e. The summed E-state index contributed by atoms with van der Waals surface area (Å²) >= 11 is 0. The van der Waals surface area contributed by atoms with Crippen molar-refractivity contribution < 1.29 is 18.4 Å². The van der Waals surface area contributed by atoms with Gasteiger partial charge in [0.2, 0.25) is 0 Å². The van der Waals surface area contributed by atoms with E-state index in [4.69, 9.17) is 10.9 Å². The lowest BCUT2D eigenvalue weighted by Crippen LogP contribution is -2.44. The number of likely N-dealkylation sites (N-methyl/N-ethyl adjacent to an activating group) is 1. The molecule has 0 aromatic rings. The van der Waals surface area contributed by atoms with Gasteiger partial charge in [-0.15, -0.1) is 0 Å². The molecule has 5 nitrogen and oxygen atoms in total. The lowest BCUT2D eigenvalue weighted by Gasteiger charge is -2.25. The highest BCUT2D eigenvalue weighted by molar-refractivity contribution is 5.83. The molecular weight excluding hydrogens is 273 g/mol. The van der Waals surface area contributed by atoms with E-state index in [1.54, 1.807) is 0 Å². The molecule has 4 N–H and O–H groups in total. The van der Waals surface area contributed by atoms with Crippen molar-refractivity contribution in [3.8, 4) is 0 Å². The second-order valence-corrected chi connectivity index (χ2v) is 5.24. The molecule has 0 aromatic heterocycles. The quantitative estimate of drug-likeness (QED) is 0.218. The molecule has 0 saturated heterocycles. The average Bonchev–Trinajstić information content (AvgIpc) is 2.90. The van der Waals surface area contributed by atoms with Crippen LogP contribution in [0, 0.1) is 5.92 Å². The summed E-state index contributed by atoms with van der Waals surface area (Å²) in [5.41, 5.74) is 5.07. The van der Waals surface area contributed by atoms with Gasteiger partial charge in [0.15, 0.2) is 5.84 Å². The highest BCUT2D eigenvalue weighted by atomic mass is 19.4. The van der Waals surface area contributed by atoms with Gasteiger partial charge in [-0.25, -0.2) is 0 Å². The first-order chi connectivity index (χ1) is 9.36. The Labute approximate surface area is 117 Å². The molecule has 0 radical (unpaired) electrons. The highest BCUT2D eigenvalue weighted by Crippen LogP contribution is 2.26. The molecule has 1 aliphatic rings. The lowest BCUT2D eigenvalue weighted by atomic mass is 10.1. The van der Waals surface area contributed by atoms with Gasteiger partial charge in [-0.1, -0.05) is 18.0 Å². The van der Waals surface area contributed by atoms with Gasteiger partial charge in [0.05, 0.1) is 0 Å². The van der Waals surface area contributed by atoms with Crippen molar-refractivity contribution in [2.75, 3.05) is 26.7 Å². The molecule has 8 heteroatoms. The molecule has 0 aliphatic heterocycles. The number of hydrogen-bond acceptors (Lipinski definition) is 4. The maximum atomic E-state index is 12.7. The number of nitrogens with one attached hydrogen (secondary N) is 1. The third-order valence-corrected chi connectivity index (χ3v) is 3.81. The maximum Gasteiger partial charge on any atom is 0.400 e. The number of hydrogen-bond donors (Lipinski definition) is 3. The van der Waals surface area contributed by atoms with E-state index in [9.17, 15) is 13.2 Å². The van der Waals surface area contributed by atoms with Crippen molar-refractivity contribution in [3.63, 3.8) is 0 Å². The average molecular weight is 296 g/mol. The second kappa shape index (κ2) is 7.68. The fourth-order valence-electron chi connectivity index (χ4n) is 2.49. The van der Waals surface area contributed by atoms with Crippen molar-refractivity contribution >= 4 is 5.84 Å².